The van der Waals surface area contributed by atoms with Crippen LogP contribution in [0.15, 0.2) is 36.4 Å². The van der Waals surface area contributed by atoms with Crippen molar-refractivity contribution in [3.8, 4) is 5.75 Å². The smallest absolute Gasteiger partial charge is 0.264 e. The number of benzene rings is 2. The van der Waals surface area contributed by atoms with Gasteiger partial charge in [0, 0.05) is 23.7 Å². The molecule has 6 atom stereocenters. The molecule has 0 radical (unpaired) electrons. The van der Waals surface area contributed by atoms with Gasteiger partial charge in [-0.1, -0.05) is 31.5 Å². The number of fused-ring (bicyclic) bond motifs is 3. The summed E-state index contributed by atoms with van der Waals surface area (Å²) in [5, 5.41) is 11.2. The standard InChI is InChI=1S/C32H43ClN2O5S/c1-20-14-21(2)22(3)41(38,39)34-32(37)24-9-12-31-29(17-24)35(18-25-8-11-28(25)30(36)15-20)13-5-4-6-23-16-27(33)10-7-26(23)19-40-31/h7,9-10,12,16-17,20-22,25,28,30,36H,4-6,8,11,13-15,18-19H2,1-3H3,(H,34,37)/t20-,21+,22-,25+,28-,30-/m1/s1. The largest absolute Gasteiger partial charge is 0.487 e. The lowest BCUT2D eigenvalue weighted by Crippen LogP contribution is -2.44. The molecule has 1 fully saturated rings. The lowest BCUT2D eigenvalue weighted by molar-refractivity contribution is 0.000649. The van der Waals surface area contributed by atoms with Gasteiger partial charge in [-0.3, -0.25) is 4.79 Å². The second-order valence-electron chi connectivity index (χ2n) is 12.6. The van der Waals surface area contributed by atoms with Crippen LogP contribution in [-0.4, -0.2) is 43.9 Å². The SMILES string of the molecule is C[C@H]1C[C@@H](O)[C@@H]2CC[C@H]2CN2CCCCc3cc(Cl)ccc3COc3ccc(cc32)C(=O)NS(=O)(=O)[C@H](C)[C@@H](C)C1. The van der Waals surface area contributed by atoms with Crippen LogP contribution in [0.3, 0.4) is 0 Å². The molecule has 2 aromatic rings. The number of amides is 1. The number of sulfonamides is 1. The number of carbonyl (C=O) groups is 1. The molecule has 5 rings (SSSR count). The van der Waals surface area contributed by atoms with Crippen molar-refractivity contribution in [2.24, 2.45) is 23.7 Å². The summed E-state index contributed by atoms with van der Waals surface area (Å²) < 4.78 is 35.2. The highest BCUT2D eigenvalue weighted by Gasteiger charge is 2.39. The number of nitrogens with zero attached hydrogens (tertiary/aromatic N) is 1. The molecule has 1 saturated carbocycles. The molecule has 2 heterocycles. The van der Waals surface area contributed by atoms with Crippen LogP contribution < -0.4 is 14.4 Å². The average molecular weight is 603 g/mol. The summed E-state index contributed by atoms with van der Waals surface area (Å²) in [6.07, 6.45) is 5.75. The highest BCUT2D eigenvalue weighted by molar-refractivity contribution is 7.90. The molecule has 0 spiro atoms. The molecule has 1 amide bonds. The summed E-state index contributed by atoms with van der Waals surface area (Å²) in [5.41, 5.74) is 3.33. The van der Waals surface area contributed by atoms with Crippen LogP contribution in [0.5, 0.6) is 5.75 Å². The number of hydrogen-bond donors (Lipinski definition) is 2. The van der Waals surface area contributed by atoms with E-state index in [9.17, 15) is 18.3 Å². The zero-order valence-corrected chi connectivity index (χ0v) is 25.9. The van der Waals surface area contributed by atoms with E-state index in [2.05, 4.69) is 16.5 Å². The summed E-state index contributed by atoms with van der Waals surface area (Å²) in [7, 11) is -3.90. The summed E-state index contributed by atoms with van der Waals surface area (Å²) in [6.45, 7) is 7.54. The van der Waals surface area contributed by atoms with Gasteiger partial charge in [-0.25, -0.2) is 13.1 Å². The Morgan fingerprint density at radius 2 is 1.83 bits per heavy atom. The first-order chi connectivity index (χ1) is 19.5. The lowest BCUT2D eigenvalue weighted by Gasteiger charge is -2.44. The van der Waals surface area contributed by atoms with Crippen LogP contribution in [0.2, 0.25) is 5.02 Å². The molecule has 2 N–H and O–H groups in total. The van der Waals surface area contributed by atoms with Crippen LogP contribution in [-0.2, 0) is 23.1 Å². The molecule has 3 aliphatic rings. The summed E-state index contributed by atoms with van der Waals surface area (Å²) >= 11 is 6.30. The van der Waals surface area contributed by atoms with Crippen molar-refractivity contribution in [3.05, 3.63) is 58.1 Å². The van der Waals surface area contributed by atoms with Gasteiger partial charge in [-0.15, -0.1) is 0 Å². The first-order valence-electron chi connectivity index (χ1n) is 15.0. The van der Waals surface area contributed by atoms with Crippen molar-refractivity contribution in [1.29, 1.82) is 0 Å². The van der Waals surface area contributed by atoms with Crippen LogP contribution in [0.4, 0.5) is 5.69 Å². The maximum Gasteiger partial charge on any atom is 0.264 e. The van der Waals surface area contributed by atoms with Crippen LogP contribution >= 0.6 is 11.6 Å². The molecule has 1 aliphatic carbocycles. The van der Waals surface area contributed by atoms with Gasteiger partial charge in [0.2, 0.25) is 10.0 Å². The summed E-state index contributed by atoms with van der Waals surface area (Å²) in [4.78, 5) is 15.6. The van der Waals surface area contributed by atoms with Crippen molar-refractivity contribution < 1.29 is 23.1 Å². The number of halogens is 1. The lowest BCUT2D eigenvalue weighted by atomic mass is 9.68. The van der Waals surface area contributed by atoms with E-state index in [1.54, 1.807) is 25.1 Å². The minimum Gasteiger partial charge on any atom is -0.487 e. The van der Waals surface area contributed by atoms with Crippen LogP contribution in [0.1, 0.15) is 80.8 Å². The molecular weight excluding hydrogens is 560 g/mol. The van der Waals surface area contributed by atoms with Gasteiger partial charge in [-0.05, 0) is 117 Å². The Kier molecular flexibility index (Phi) is 9.22. The van der Waals surface area contributed by atoms with E-state index < -0.39 is 27.3 Å². The topological polar surface area (TPSA) is 95.9 Å². The molecule has 2 bridgehead atoms. The van der Waals surface area contributed by atoms with E-state index in [0.29, 0.717) is 36.1 Å². The Bertz CT molecular complexity index is 1370. The zero-order chi connectivity index (χ0) is 29.3. The second-order valence-corrected chi connectivity index (χ2v) is 15.1. The third-order valence-corrected chi connectivity index (χ3v) is 11.8. The van der Waals surface area contributed by atoms with Crippen LogP contribution in [0.25, 0.3) is 0 Å². The number of aryl methyl sites for hydroxylation is 1. The molecule has 2 aromatic carbocycles. The predicted molar refractivity (Wildman–Crippen MR) is 163 cm³/mol. The van der Waals surface area contributed by atoms with Crippen molar-refractivity contribution in [1.82, 2.24) is 4.72 Å². The summed E-state index contributed by atoms with van der Waals surface area (Å²) in [6, 6.07) is 11.1. The van der Waals surface area contributed by atoms with E-state index in [4.69, 9.17) is 16.3 Å². The monoisotopic (exact) mass is 602 g/mol. The Balaban J connectivity index is 1.53. The van der Waals surface area contributed by atoms with Gasteiger partial charge >= 0.3 is 0 Å². The molecule has 0 aromatic heterocycles. The highest BCUT2D eigenvalue weighted by Crippen LogP contribution is 2.42. The Morgan fingerprint density at radius 3 is 2.59 bits per heavy atom. The fraction of sp³-hybridized carbons (Fsp3) is 0.594. The Morgan fingerprint density at radius 1 is 1.02 bits per heavy atom. The molecule has 0 unspecified atom stereocenters. The quantitative estimate of drug-likeness (QED) is 0.386. The molecule has 2 aliphatic heterocycles. The first kappa shape index (κ1) is 30.2. The minimum absolute atomic E-state index is 0.165. The van der Waals surface area contributed by atoms with Gasteiger partial charge in [0.25, 0.3) is 5.91 Å². The van der Waals surface area contributed by atoms with E-state index >= 15 is 0 Å². The van der Waals surface area contributed by atoms with Gasteiger partial charge in [-0.2, -0.15) is 0 Å². The number of aliphatic hydroxyl groups is 1. The fourth-order valence-electron chi connectivity index (χ4n) is 6.79. The van der Waals surface area contributed by atoms with Gasteiger partial charge in [0.15, 0.2) is 0 Å². The molecule has 41 heavy (non-hydrogen) atoms. The van der Waals surface area contributed by atoms with Crippen molar-refractivity contribution in [2.75, 3.05) is 18.0 Å². The highest BCUT2D eigenvalue weighted by atomic mass is 35.5. The van der Waals surface area contributed by atoms with E-state index in [1.807, 2.05) is 25.1 Å². The number of ether oxygens (including phenoxy) is 1. The number of nitrogens with one attached hydrogen (secondary N) is 1. The number of anilines is 1. The van der Waals surface area contributed by atoms with E-state index in [1.165, 1.54) is 5.56 Å². The molecule has 0 saturated heterocycles. The number of hydrogen-bond acceptors (Lipinski definition) is 6. The molecule has 9 heteroatoms. The van der Waals surface area contributed by atoms with Gasteiger partial charge in [0.05, 0.1) is 17.0 Å². The van der Waals surface area contributed by atoms with E-state index in [-0.39, 0.29) is 23.3 Å². The predicted octanol–water partition coefficient (Wildman–Crippen LogP) is 5.96. The fourth-order valence-corrected chi connectivity index (χ4v) is 8.27. The zero-order valence-electron chi connectivity index (χ0n) is 24.3. The van der Waals surface area contributed by atoms with Crippen molar-refractivity contribution >= 4 is 33.2 Å². The second kappa shape index (κ2) is 12.5. The third kappa shape index (κ3) is 6.86. The third-order valence-electron chi connectivity index (χ3n) is 9.61. The van der Waals surface area contributed by atoms with E-state index in [0.717, 1.165) is 56.4 Å². The average Bonchev–Trinajstić information content (AvgIpc) is 2.92. The Hall–Kier alpha value is -2.29. The maximum atomic E-state index is 13.3. The van der Waals surface area contributed by atoms with Crippen molar-refractivity contribution in [3.63, 3.8) is 0 Å². The first-order valence-corrected chi connectivity index (χ1v) is 17.0. The number of aliphatic hydroxyl groups excluding tert-OH is 1. The van der Waals surface area contributed by atoms with Crippen LogP contribution in [0, 0.1) is 23.7 Å². The molecule has 224 valence electrons. The molecular formula is C32H43ClN2O5S. The van der Waals surface area contributed by atoms with Gasteiger partial charge in [0.1, 0.15) is 12.4 Å². The number of rotatable bonds is 0. The van der Waals surface area contributed by atoms with Gasteiger partial charge < -0.3 is 14.7 Å². The normalized spacial score (nSPS) is 30.9. The number of carbonyl (C=O) groups excluding carboxylic acids is 1. The summed E-state index contributed by atoms with van der Waals surface area (Å²) in [5.74, 6) is 0.582. The van der Waals surface area contributed by atoms with Crippen molar-refractivity contribution in [2.45, 2.75) is 83.7 Å². The maximum absolute atomic E-state index is 13.3. The minimum atomic E-state index is -3.90. The Labute approximate surface area is 249 Å². The molecule has 7 nitrogen and oxygen atoms in total.